The maximum Gasteiger partial charge on any atom is 0.305 e. The predicted octanol–water partition coefficient (Wildman–Crippen LogP) is 7.24. The Morgan fingerprint density at radius 3 is 1.09 bits per heavy atom. The van der Waals surface area contributed by atoms with Gasteiger partial charge in [0.2, 0.25) is 0 Å². The molecule has 0 rings (SSSR count). The zero-order valence-corrected chi connectivity index (χ0v) is 22.3. The molecule has 5 heteroatoms. The Balaban J connectivity index is 3.09. The molecule has 5 nitrogen and oxygen atoms in total. The maximum absolute atomic E-state index is 11.5. The van der Waals surface area contributed by atoms with Crippen molar-refractivity contribution in [1.82, 2.24) is 0 Å². The van der Waals surface area contributed by atoms with E-state index in [-0.39, 0.29) is 19.2 Å². The van der Waals surface area contributed by atoms with E-state index < -0.39 is 6.10 Å². The summed E-state index contributed by atoms with van der Waals surface area (Å²) in [6.07, 6.45) is 29.5. The largest absolute Gasteiger partial charge is 0.463 e. The first-order valence-electron chi connectivity index (χ1n) is 14.8. The molecule has 0 spiro atoms. The Kier molecular flexibility index (Phi) is 28.0. The molecule has 0 fully saturated rings. The predicted molar refractivity (Wildman–Crippen MR) is 142 cm³/mol. The normalized spacial score (nSPS) is 12.2. The van der Waals surface area contributed by atoms with E-state index in [4.69, 9.17) is 20.1 Å². The SMILES string of the molecule is O=C(CCCCCCCCCCCCCCCCCCCCCCCCCO)OCC(O)CO. The number of unbranched alkanes of at least 4 members (excludes halogenated alkanes) is 22. The molecule has 1 unspecified atom stereocenters. The van der Waals surface area contributed by atoms with Gasteiger partial charge in [-0.1, -0.05) is 135 Å². The molecule has 0 amide bonds. The third kappa shape index (κ3) is 27.6. The first-order valence-corrected chi connectivity index (χ1v) is 14.8. The number of hydrogen-bond donors (Lipinski definition) is 3. The van der Waals surface area contributed by atoms with Crippen LogP contribution >= 0.6 is 0 Å². The summed E-state index contributed by atoms with van der Waals surface area (Å²) in [5.74, 6) is -0.277. The van der Waals surface area contributed by atoms with Gasteiger partial charge in [0, 0.05) is 13.0 Å². The number of rotatable bonds is 28. The molecule has 0 aromatic carbocycles. The topological polar surface area (TPSA) is 87.0 Å². The lowest BCUT2D eigenvalue weighted by Gasteiger charge is -2.08. The third-order valence-electron chi connectivity index (χ3n) is 6.69. The van der Waals surface area contributed by atoms with Gasteiger partial charge in [-0.15, -0.1) is 0 Å². The zero-order chi connectivity index (χ0) is 25.0. The Bertz CT molecular complexity index is 402. The standard InChI is InChI=1S/C29H58O5/c30-25-23-21-19-17-15-13-11-9-7-5-3-1-2-4-6-8-10-12-14-16-18-20-22-24-29(33)34-27-28(32)26-31/h28,30-32H,1-27H2. The molecule has 0 aromatic heterocycles. The Hall–Kier alpha value is -0.650. The van der Waals surface area contributed by atoms with Crippen LogP contribution in [0.15, 0.2) is 0 Å². The van der Waals surface area contributed by atoms with Crippen LogP contribution in [0.25, 0.3) is 0 Å². The number of carbonyl (C=O) groups excluding carboxylic acids is 1. The van der Waals surface area contributed by atoms with Crippen molar-refractivity contribution in [3.8, 4) is 0 Å². The Morgan fingerprint density at radius 2 is 0.794 bits per heavy atom. The van der Waals surface area contributed by atoms with E-state index >= 15 is 0 Å². The number of carbonyl (C=O) groups is 1. The summed E-state index contributed by atoms with van der Waals surface area (Å²) in [6.45, 7) is -0.125. The maximum atomic E-state index is 11.5. The second-order valence-electron chi connectivity index (χ2n) is 10.1. The summed E-state index contributed by atoms with van der Waals surface area (Å²) >= 11 is 0. The van der Waals surface area contributed by atoms with Gasteiger partial charge in [-0.2, -0.15) is 0 Å². The molecule has 3 N–H and O–H groups in total. The molecular formula is C29H58O5. The van der Waals surface area contributed by atoms with Gasteiger partial charge < -0.3 is 20.1 Å². The van der Waals surface area contributed by atoms with Gasteiger partial charge in [-0.25, -0.2) is 0 Å². The molecule has 0 aliphatic heterocycles. The van der Waals surface area contributed by atoms with Crippen LogP contribution in [0.4, 0.5) is 0 Å². The minimum atomic E-state index is -0.960. The second kappa shape index (κ2) is 28.6. The number of ether oxygens (including phenoxy) is 1. The first kappa shape index (κ1) is 33.4. The van der Waals surface area contributed by atoms with Gasteiger partial charge in [0.25, 0.3) is 0 Å². The van der Waals surface area contributed by atoms with Crippen molar-refractivity contribution >= 4 is 5.97 Å². The minimum absolute atomic E-state index is 0.107. The average Bonchev–Trinajstić information content (AvgIpc) is 2.85. The van der Waals surface area contributed by atoms with Crippen LogP contribution in [0.1, 0.15) is 154 Å². The fourth-order valence-electron chi connectivity index (χ4n) is 4.41. The molecule has 0 aromatic rings. The van der Waals surface area contributed by atoms with E-state index in [9.17, 15) is 4.79 Å². The molecule has 0 radical (unpaired) electrons. The molecule has 204 valence electrons. The van der Waals surface area contributed by atoms with Gasteiger partial charge in [-0.3, -0.25) is 4.79 Å². The van der Waals surface area contributed by atoms with Crippen LogP contribution < -0.4 is 0 Å². The molecule has 34 heavy (non-hydrogen) atoms. The lowest BCUT2D eigenvalue weighted by atomic mass is 10.0. The van der Waals surface area contributed by atoms with E-state index in [2.05, 4.69) is 0 Å². The van der Waals surface area contributed by atoms with E-state index in [1.165, 1.54) is 128 Å². The highest BCUT2D eigenvalue weighted by Crippen LogP contribution is 2.15. The van der Waals surface area contributed by atoms with E-state index in [1.807, 2.05) is 0 Å². The van der Waals surface area contributed by atoms with Gasteiger partial charge >= 0.3 is 5.97 Å². The molecule has 0 bridgehead atoms. The first-order chi connectivity index (χ1) is 16.7. The highest BCUT2D eigenvalue weighted by atomic mass is 16.5. The molecular weight excluding hydrogens is 428 g/mol. The van der Waals surface area contributed by atoms with Crippen molar-refractivity contribution in [2.75, 3.05) is 19.8 Å². The number of hydrogen-bond acceptors (Lipinski definition) is 5. The van der Waals surface area contributed by atoms with Crippen molar-refractivity contribution in [2.24, 2.45) is 0 Å². The lowest BCUT2D eigenvalue weighted by molar-refractivity contribution is -0.147. The van der Waals surface area contributed by atoms with Gasteiger partial charge in [0.15, 0.2) is 0 Å². The molecule has 0 saturated heterocycles. The van der Waals surface area contributed by atoms with Crippen LogP contribution in [-0.4, -0.2) is 47.2 Å². The van der Waals surface area contributed by atoms with Crippen LogP contribution in [0.3, 0.4) is 0 Å². The summed E-state index contributed by atoms with van der Waals surface area (Å²) in [4.78, 5) is 11.5. The summed E-state index contributed by atoms with van der Waals surface area (Å²) in [7, 11) is 0. The monoisotopic (exact) mass is 486 g/mol. The van der Waals surface area contributed by atoms with Crippen molar-refractivity contribution in [3.63, 3.8) is 0 Å². The summed E-state index contributed by atoms with van der Waals surface area (Å²) in [5, 5.41) is 26.6. The second-order valence-corrected chi connectivity index (χ2v) is 10.1. The van der Waals surface area contributed by atoms with Crippen LogP contribution in [0.5, 0.6) is 0 Å². The molecule has 0 heterocycles. The van der Waals surface area contributed by atoms with Gasteiger partial charge in [0.1, 0.15) is 12.7 Å². The Labute approximate surface area is 211 Å². The zero-order valence-electron chi connectivity index (χ0n) is 22.3. The minimum Gasteiger partial charge on any atom is -0.463 e. The Morgan fingerprint density at radius 1 is 0.500 bits per heavy atom. The molecule has 0 aliphatic rings. The van der Waals surface area contributed by atoms with Gasteiger partial charge in [-0.05, 0) is 12.8 Å². The summed E-state index contributed by atoms with van der Waals surface area (Å²) in [6, 6.07) is 0. The van der Waals surface area contributed by atoms with Crippen LogP contribution in [0.2, 0.25) is 0 Å². The highest BCUT2D eigenvalue weighted by molar-refractivity contribution is 5.69. The lowest BCUT2D eigenvalue weighted by Crippen LogP contribution is -2.21. The summed E-state index contributed by atoms with van der Waals surface area (Å²) < 4.78 is 4.89. The van der Waals surface area contributed by atoms with E-state index in [1.54, 1.807) is 0 Å². The average molecular weight is 487 g/mol. The number of aliphatic hydroxyl groups excluding tert-OH is 3. The van der Waals surface area contributed by atoms with E-state index in [0.29, 0.717) is 13.0 Å². The third-order valence-corrected chi connectivity index (χ3v) is 6.69. The van der Waals surface area contributed by atoms with Crippen LogP contribution in [0, 0.1) is 0 Å². The fraction of sp³-hybridized carbons (Fsp3) is 0.966. The van der Waals surface area contributed by atoms with Gasteiger partial charge in [0.05, 0.1) is 6.61 Å². The smallest absolute Gasteiger partial charge is 0.305 e. The number of esters is 1. The quantitative estimate of drug-likeness (QED) is 0.0801. The highest BCUT2D eigenvalue weighted by Gasteiger charge is 2.07. The fourth-order valence-corrected chi connectivity index (χ4v) is 4.41. The van der Waals surface area contributed by atoms with Crippen molar-refractivity contribution in [1.29, 1.82) is 0 Å². The molecule has 1 atom stereocenters. The number of aliphatic hydroxyl groups is 3. The molecule has 0 aliphatic carbocycles. The molecule has 0 saturated carbocycles. The van der Waals surface area contributed by atoms with Crippen molar-refractivity contribution in [3.05, 3.63) is 0 Å². The van der Waals surface area contributed by atoms with Crippen molar-refractivity contribution in [2.45, 2.75) is 160 Å². The van der Waals surface area contributed by atoms with E-state index in [0.717, 1.165) is 19.3 Å². The van der Waals surface area contributed by atoms with Crippen LogP contribution in [-0.2, 0) is 9.53 Å². The summed E-state index contributed by atoms with van der Waals surface area (Å²) in [5.41, 5.74) is 0. The van der Waals surface area contributed by atoms with Crippen molar-refractivity contribution < 1.29 is 24.9 Å².